The zero-order chi connectivity index (χ0) is 75.5. The number of carboxylic acids is 2. The van der Waals surface area contributed by atoms with Gasteiger partial charge in [0, 0.05) is 93.4 Å². The molecule has 1 fully saturated rings. The van der Waals surface area contributed by atoms with Crippen molar-refractivity contribution in [2.24, 2.45) is 11.5 Å². The number of aliphatic hydroxyl groups is 3. The van der Waals surface area contributed by atoms with Crippen molar-refractivity contribution in [2.75, 3.05) is 63.4 Å². The van der Waals surface area contributed by atoms with Gasteiger partial charge in [-0.3, -0.25) is 63.3 Å². The van der Waals surface area contributed by atoms with E-state index >= 15 is 0 Å². The summed E-state index contributed by atoms with van der Waals surface area (Å²) in [5.74, 6) is -8.83. The van der Waals surface area contributed by atoms with Crippen molar-refractivity contribution in [2.45, 2.75) is 117 Å². The third-order valence-electron chi connectivity index (χ3n) is 16.0. The zero-order valence-corrected chi connectivity index (χ0v) is 56.6. The van der Waals surface area contributed by atoms with Gasteiger partial charge in [-0.2, -0.15) is 23.4 Å². The minimum absolute atomic E-state index is 0.0173. The molecule has 9 rings (SSSR count). The first-order valence-electron chi connectivity index (χ1n) is 31.8. The van der Waals surface area contributed by atoms with Crippen LogP contribution in [0.4, 0.5) is 30.8 Å². The molecule has 0 spiro atoms. The van der Waals surface area contributed by atoms with E-state index in [9.17, 15) is 76.7 Å². The number of anilines is 3. The summed E-state index contributed by atoms with van der Waals surface area (Å²) in [6.07, 6.45) is -9.11. The van der Waals surface area contributed by atoms with Gasteiger partial charge in [-0.25, -0.2) is 14.8 Å². The molecule has 6 heterocycles. The third kappa shape index (κ3) is 18.9. The van der Waals surface area contributed by atoms with E-state index < -0.39 is 96.1 Å². The number of hydrogen-bond acceptors (Lipinski definition) is 22. The average Bonchev–Trinajstić information content (AvgIpc) is 1.64. The van der Waals surface area contributed by atoms with Crippen LogP contribution in [0.1, 0.15) is 91.8 Å². The highest BCUT2D eigenvalue weighted by Gasteiger charge is 2.48. The second-order valence-electron chi connectivity index (χ2n) is 24.1. The van der Waals surface area contributed by atoms with Gasteiger partial charge in [-0.05, 0) is 76.2 Å². The van der Waals surface area contributed by atoms with Crippen LogP contribution in [0.15, 0.2) is 78.9 Å². The summed E-state index contributed by atoms with van der Waals surface area (Å²) < 4.78 is 61.7. The van der Waals surface area contributed by atoms with Crippen LogP contribution in [0.3, 0.4) is 0 Å². The molecule has 0 saturated carbocycles. The van der Waals surface area contributed by atoms with Crippen molar-refractivity contribution >= 4 is 98.8 Å². The Hall–Kier alpha value is -11.6. The van der Waals surface area contributed by atoms with Crippen LogP contribution >= 0.6 is 0 Å². The molecule has 0 aliphatic carbocycles. The van der Waals surface area contributed by atoms with Crippen LogP contribution in [-0.2, 0) is 66.2 Å². The lowest BCUT2D eigenvalue weighted by Crippen LogP contribution is -2.61. The molecule has 103 heavy (non-hydrogen) atoms. The SMILES string of the molecule is CCn1nc(C)cc1C(=O)Nc1nc2cc(C(N)=O)cc(OC)c2n1C/C=C/Cn1c(NC(=O)c2cc(C)nn2CC)nc2cc(C(N)=O)cc(OCCC[N+](C)(C)Cc3ccc(O[C@@H]4O[C@H](C(=O)O)[C@@H](O)[C@H](O)[C@H]4O)cc3NC(=O)CCNC(=O)CCN3C(=O)C=CC3=O)c21.O=C([O-])C(F)(F)F. The molecule has 0 unspecified atom stereocenters. The van der Waals surface area contributed by atoms with Crippen molar-refractivity contribution in [1.29, 1.82) is 0 Å². The fourth-order valence-electron chi connectivity index (χ4n) is 11.0. The fraction of sp³-hybridized carbons (Fsp3) is 0.385. The molecule has 550 valence electrons. The summed E-state index contributed by atoms with van der Waals surface area (Å²) in [5, 5.41) is 70.0. The Kier molecular flexibility index (Phi) is 24.6. The number of aryl methyl sites for hydroxylation is 4. The lowest BCUT2D eigenvalue weighted by atomic mass is 9.99. The Balaban J connectivity index is 0.00000182. The lowest BCUT2D eigenvalue weighted by Gasteiger charge is -2.38. The lowest BCUT2D eigenvalue weighted by molar-refractivity contribution is -0.903. The Morgan fingerprint density at radius 1 is 0.728 bits per heavy atom. The number of imide groups is 1. The number of quaternary nitrogens is 1. The highest BCUT2D eigenvalue weighted by atomic mass is 19.4. The van der Waals surface area contributed by atoms with Gasteiger partial charge < -0.3 is 85.0 Å². The number of hydrogen-bond donors (Lipinski definition) is 10. The number of nitrogens with zero attached hydrogens (tertiary/aromatic N) is 10. The quantitative estimate of drug-likeness (QED) is 0.0129. The number of aliphatic carboxylic acids is 2. The second-order valence-corrected chi connectivity index (χ2v) is 24.1. The number of allylic oxidation sites excluding steroid dienone is 2. The molecule has 2 aliphatic rings. The summed E-state index contributed by atoms with van der Waals surface area (Å²) in [4.78, 5) is 135. The fourth-order valence-corrected chi connectivity index (χ4v) is 11.0. The second kappa shape index (κ2) is 32.8. The number of primary amides is 2. The van der Waals surface area contributed by atoms with Gasteiger partial charge in [-0.1, -0.05) is 12.2 Å². The van der Waals surface area contributed by atoms with Crippen molar-refractivity contribution in [3.63, 3.8) is 0 Å². The first kappa shape index (κ1) is 77.1. The molecule has 0 radical (unpaired) electrons. The Morgan fingerprint density at radius 2 is 1.25 bits per heavy atom. The highest BCUT2D eigenvalue weighted by molar-refractivity contribution is 6.13. The Bertz CT molecular complexity index is 4480. The molecule has 38 heteroatoms. The standard InChI is InChI=1S/C63H74N16O17.C2HF3O2/c1-8-77-42(25-33(3)72-77)58(89)70-62-68-40-27-36(56(64)87)29-44(93-7)50(40)75(62)20-10-11-21-76-51-41(69-63(76)71-59(90)43-26-34(4)73-78(43)9-2)28-37(57(65)88)30-45(51)94-24-12-23-79(5,6)32-35-13-14-38(95-61-54(86)52(84)53(85)55(96-61)60(91)92)31-39(35)67-47(81)17-19-66-46(80)18-22-74-48(82)15-16-49(74)83;3-2(4,5)1(6)7/h10-11,13-16,25-31,52-55,61,84-86H,8-9,12,17-24,32H2,1-7H3,(H8-,64,65,66,67,68,69,70,71,80,81,87,88,89,90,91,92);(H,6,7)/b11-10+;/t52-,53-,54+,55-,61+;/m0./s1. The molecule has 8 amide bonds. The predicted molar refractivity (Wildman–Crippen MR) is 353 cm³/mol. The normalized spacial score (nSPS) is 16.7. The predicted octanol–water partition coefficient (Wildman–Crippen LogP) is 0.778. The van der Waals surface area contributed by atoms with Gasteiger partial charge in [0.25, 0.3) is 23.6 Å². The van der Waals surface area contributed by atoms with Gasteiger partial charge in [-0.15, -0.1) is 0 Å². The van der Waals surface area contributed by atoms with E-state index in [2.05, 4.69) is 31.5 Å². The van der Waals surface area contributed by atoms with Crippen LogP contribution in [0.2, 0.25) is 0 Å². The number of amides is 8. The molecule has 1 saturated heterocycles. The van der Waals surface area contributed by atoms with Crippen molar-refractivity contribution in [3.05, 3.63) is 118 Å². The Labute approximate surface area is 583 Å². The molecular formula is C65H75F3N16O19. The average molecular weight is 1440 g/mol. The maximum atomic E-state index is 14.2. The van der Waals surface area contributed by atoms with Crippen molar-refractivity contribution in [3.8, 4) is 17.2 Å². The van der Waals surface area contributed by atoms with Gasteiger partial charge in [0.1, 0.15) is 70.5 Å². The number of carboxylic acid groups (broad SMARTS) is 2. The van der Waals surface area contributed by atoms with Crippen molar-refractivity contribution in [1.82, 2.24) is 48.9 Å². The van der Waals surface area contributed by atoms with E-state index in [4.69, 9.17) is 50.3 Å². The number of aromatic nitrogens is 8. The zero-order valence-electron chi connectivity index (χ0n) is 56.6. The smallest absolute Gasteiger partial charge is 0.430 e. The van der Waals surface area contributed by atoms with Crippen LogP contribution in [0, 0.1) is 13.8 Å². The third-order valence-corrected chi connectivity index (χ3v) is 16.0. The minimum Gasteiger partial charge on any atom is -0.542 e. The van der Waals surface area contributed by atoms with Gasteiger partial charge in [0.05, 0.1) is 62.5 Å². The number of fused-ring (bicyclic) bond motifs is 2. The number of imidazole rings is 2. The number of aliphatic hydroxyl groups excluding tert-OH is 3. The monoisotopic (exact) mass is 1440 g/mol. The number of nitrogens with one attached hydrogen (secondary N) is 4. The number of carbonyl (C=O) groups excluding carboxylic acids is 9. The van der Waals surface area contributed by atoms with Crippen LogP contribution in [0.25, 0.3) is 22.1 Å². The number of halogens is 3. The van der Waals surface area contributed by atoms with Crippen LogP contribution < -0.4 is 52.1 Å². The number of benzene rings is 3. The molecule has 3 aromatic carbocycles. The molecule has 5 atom stereocenters. The number of alkyl halides is 3. The molecule has 7 aromatic rings. The maximum absolute atomic E-state index is 14.2. The van der Waals surface area contributed by atoms with Crippen LogP contribution in [-0.4, -0.2) is 212 Å². The number of ether oxygens (including phenoxy) is 4. The number of carbonyl (C=O) groups is 10. The van der Waals surface area contributed by atoms with E-state index in [1.54, 1.807) is 62.7 Å². The first-order valence-corrected chi connectivity index (χ1v) is 31.8. The summed E-state index contributed by atoms with van der Waals surface area (Å²) in [5.41, 5.74) is 15.6. The molecular weight excluding hydrogens is 1370 g/mol. The number of rotatable bonds is 30. The maximum Gasteiger partial charge on any atom is 0.430 e. The molecule has 4 aromatic heterocycles. The first-order chi connectivity index (χ1) is 48.6. The largest absolute Gasteiger partial charge is 0.542 e. The molecule has 0 bridgehead atoms. The number of nitrogens with two attached hydrogens (primary N) is 2. The van der Waals surface area contributed by atoms with Gasteiger partial charge in [0.15, 0.2) is 6.10 Å². The van der Waals surface area contributed by atoms with E-state index in [1.807, 2.05) is 27.9 Å². The van der Waals surface area contributed by atoms with Gasteiger partial charge >= 0.3 is 12.1 Å². The van der Waals surface area contributed by atoms with Crippen LogP contribution in [0.5, 0.6) is 17.2 Å². The molecule has 35 nitrogen and oxygen atoms in total. The summed E-state index contributed by atoms with van der Waals surface area (Å²) in [6.45, 7) is 8.47. The van der Waals surface area contributed by atoms with Crippen molar-refractivity contribution < 1.29 is 110 Å². The van der Waals surface area contributed by atoms with E-state index in [0.29, 0.717) is 59.6 Å². The molecule has 12 N–H and O–H groups in total. The summed E-state index contributed by atoms with van der Waals surface area (Å²) in [7, 11) is 5.23. The van der Waals surface area contributed by atoms with E-state index in [0.717, 1.165) is 17.1 Å². The molecule has 2 aliphatic heterocycles. The van der Waals surface area contributed by atoms with E-state index in [1.165, 1.54) is 43.5 Å². The summed E-state index contributed by atoms with van der Waals surface area (Å²) in [6, 6.07) is 13.7. The Morgan fingerprint density at radius 3 is 1.75 bits per heavy atom. The highest BCUT2D eigenvalue weighted by Crippen LogP contribution is 2.35. The number of methoxy groups -OCH3 is 1. The van der Waals surface area contributed by atoms with E-state index in [-0.39, 0.29) is 120 Å². The minimum atomic E-state index is -5.19. The van der Waals surface area contributed by atoms with Gasteiger partial charge in [0.2, 0.25) is 41.8 Å². The topological polar surface area (TPSA) is 486 Å². The summed E-state index contributed by atoms with van der Waals surface area (Å²) >= 11 is 0.